The van der Waals surface area contributed by atoms with Crippen molar-refractivity contribution in [3.05, 3.63) is 47.8 Å². The third kappa shape index (κ3) is 4.82. The minimum atomic E-state index is -3.98. The highest BCUT2D eigenvalue weighted by molar-refractivity contribution is 7.91. The maximum atomic E-state index is 13.2. The van der Waals surface area contributed by atoms with Gasteiger partial charge in [0.2, 0.25) is 15.7 Å². The lowest BCUT2D eigenvalue weighted by Gasteiger charge is -2.19. The summed E-state index contributed by atoms with van der Waals surface area (Å²) in [4.78, 5) is 19.8. The zero-order chi connectivity index (χ0) is 22.1. The molecule has 0 saturated carbocycles. The monoisotopic (exact) mass is 428 g/mol. The van der Waals surface area contributed by atoms with Crippen molar-refractivity contribution in [3.63, 3.8) is 0 Å². The molecule has 3 aromatic rings. The van der Waals surface area contributed by atoms with Crippen molar-refractivity contribution in [1.82, 2.24) is 20.2 Å². The average molecular weight is 429 g/mol. The number of carbonyl (C=O) groups excluding carboxylic acids is 1. The molecule has 0 bridgehead atoms. The number of benzene rings is 1. The number of hydrogen-bond donors (Lipinski definition) is 3. The summed E-state index contributed by atoms with van der Waals surface area (Å²) in [5.74, 6) is 0.611. The molecule has 0 aliphatic rings. The summed E-state index contributed by atoms with van der Waals surface area (Å²) >= 11 is 0. The van der Waals surface area contributed by atoms with E-state index in [-0.39, 0.29) is 16.0 Å². The second kappa shape index (κ2) is 7.86. The largest absolute Gasteiger partial charge is 0.326 e. The fourth-order valence-corrected chi connectivity index (χ4v) is 3.78. The van der Waals surface area contributed by atoms with Gasteiger partial charge in [0.25, 0.3) is 5.16 Å². The van der Waals surface area contributed by atoms with Gasteiger partial charge in [-0.25, -0.2) is 18.4 Å². The number of aromatic nitrogens is 4. The Morgan fingerprint density at radius 1 is 1.03 bits per heavy atom. The van der Waals surface area contributed by atoms with E-state index in [0.29, 0.717) is 23.0 Å². The molecular weight excluding hydrogens is 404 g/mol. The van der Waals surface area contributed by atoms with Crippen LogP contribution in [0.5, 0.6) is 0 Å². The summed E-state index contributed by atoms with van der Waals surface area (Å²) in [6.07, 6.45) is 0. The number of nitrogens with zero attached hydrogens (tertiary/aromatic N) is 3. The van der Waals surface area contributed by atoms with E-state index in [9.17, 15) is 13.2 Å². The molecule has 0 saturated heterocycles. The summed E-state index contributed by atoms with van der Waals surface area (Å²) in [5.41, 5.74) is 1.53. The van der Waals surface area contributed by atoms with Crippen LogP contribution in [0.4, 0.5) is 17.3 Å². The van der Waals surface area contributed by atoms with Crippen molar-refractivity contribution in [2.45, 2.75) is 50.1 Å². The molecule has 0 unspecified atom stereocenters. The normalized spacial score (nSPS) is 11.9. The standard InChI is InChI=1S/C20H24N6O3S/c1-12-10-18(26-25-12)23-17-11-16(20(3,4)5)22-19(24-17)30(28,29)15-8-6-14(7-9-15)21-13(2)27/h6-11H,1-5H3,(H,21,27)(H2,22,23,24,25,26). The zero-order valence-corrected chi connectivity index (χ0v) is 18.3. The van der Waals surface area contributed by atoms with E-state index < -0.39 is 15.3 Å². The van der Waals surface area contributed by atoms with Crippen LogP contribution in [0, 0.1) is 6.92 Å². The quantitative estimate of drug-likeness (QED) is 0.531. The summed E-state index contributed by atoms with van der Waals surface area (Å²) < 4.78 is 26.4. The predicted molar refractivity (Wildman–Crippen MR) is 114 cm³/mol. The predicted octanol–water partition coefficient (Wildman–Crippen LogP) is 3.34. The summed E-state index contributed by atoms with van der Waals surface area (Å²) in [7, 11) is -3.98. The van der Waals surface area contributed by atoms with Gasteiger partial charge in [0.05, 0.1) is 10.6 Å². The Morgan fingerprint density at radius 2 is 1.70 bits per heavy atom. The van der Waals surface area contributed by atoms with Gasteiger partial charge in [-0.05, 0) is 31.2 Å². The van der Waals surface area contributed by atoms with Crippen molar-refractivity contribution in [2.24, 2.45) is 0 Å². The summed E-state index contributed by atoms with van der Waals surface area (Å²) in [5, 5.41) is 12.2. The average Bonchev–Trinajstić information content (AvgIpc) is 3.05. The minimum absolute atomic E-state index is 0.0317. The van der Waals surface area contributed by atoms with Crippen LogP contribution < -0.4 is 10.6 Å². The number of rotatable bonds is 5. The topological polar surface area (TPSA) is 130 Å². The lowest BCUT2D eigenvalue weighted by Crippen LogP contribution is -2.18. The number of amides is 1. The molecule has 1 aromatic carbocycles. The van der Waals surface area contributed by atoms with Crippen LogP contribution in [0.2, 0.25) is 0 Å². The fourth-order valence-electron chi connectivity index (χ4n) is 2.63. The second-order valence-electron chi connectivity index (χ2n) is 7.94. The Balaban J connectivity index is 2.04. The molecule has 0 atom stereocenters. The zero-order valence-electron chi connectivity index (χ0n) is 17.4. The first-order chi connectivity index (χ1) is 13.9. The van der Waals surface area contributed by atoms with Crippen LogP contribution in [0.3, 0.4) is 0 Å². The molecular formula is C20H24N6O3S. The van der Waals surface area contributed by atoms with Crippen LogP contribution >= 0.6 is 0 Å². The van der Waals surface area contributed by atoms with E-state index in [1.54, 1.807) is 12.1 Å². The third-order valence-corrected chi connectivity index (χ3v) is 5.72. The van der Waals surface area contributed by atoms with Crippen molar-refractivity contribution in [3.8, 4) is 0 Å². The summed E-state index contributed by atoms with van der Waals surface area (Å²) in [6, 6.07) is 9.37. The molecule has 1 amide bonds. The number of aromatic amines is 1. The first-order valence-electron chi connectivity index (χ1n) is 9.26. The Morgan fingerprint density at radius 3 is 2.23 bits per heavy atom. The number of nitrogens with one attached hydrogen (secondary N) is 3. The van der Waals surface area contributed by atoms with Gasteiger partial charge in [-0.1, -0.05) is 20.8 Å². The van der Waals surface area contributed by atoms with E-state index in [1.807, 2.05) is 27.7 Å². The lowest BCUT2D eigenvalue weighted by atomic mass is 9.92. The maximum Gasteiger partial charge on any atom is 0.254 e. The van der Waals surface area contributed by atoms with Gasteiger partial charge in [0, 0.05) is 35.9 Å². The van der Waals surface area contributed by atoms with Gasteiger partial charge in [0.15, 0.2) is 5.82 Å². The highest BCUT2D eigenvalue weighted by Crippen LogP contribution is 2.27. The highest BCUT2D eigenvalue weighted by atomic mass is 32.2. The van der Waals surface area contributed by atoms with E-state index in [4.69, 9.17) is 0 Å². The molecule has 0 aliphatic heterocycles. The first-order valence-corrected chi connectivity index (χ1v) is 10.7. The molecule has 10 heteroatoms. The van der Waals surface area contributed by atoms with Gasteiger partial charge in [0.1, 0.15) is 5.82 Å². The Labute approximate surface area is 175 Å². The smallest absolute Gasteiger partial charge is 0.254 e. The molecule has 3 rings (SSSR count). The summed E-state index contributed by atoms with van der Waals surface area (Å²) in [6.45, 7) is 9.06. The van der Waals surface area contributed by atoms with Crippen molar-refractivity contribution >= 4 is 33.1 Å². The lowest BCUT2D eigenvalue weighted by molar-refractivity contribution is -0.114. The number of hydrogen-bond acceptors (Lipinski definition) is 7. The van der Waals surface area contributed by atoms with E-state index >= 15 is 0 Å². The van der Waals surface area contributed by atoms with Crippen molar-refractivity contribution in [2.75, 3.05) is 10.6 Å². The van der Waals surface area contributed by atoms with Gasteiger partial charge < -0.3 is 10.6 Å². The van der Waals surface area contributed by atoms with Crippen LogP contribution in [0.15, 0.2) is 46.5 Å². The van der Waals surface area contributed by atoms with E-state index in [0.717, 1.165) is 5.69 Å². The number of aryl methyl sites for hydroxylation is 1. The third-order valence-electron chi connectivity index (χ3n) is 4.16. The van der Waals surface area contributed by atoms with Gasteiger partial charge in [-0.2, -0.15) is 5.10 Å². The molecule has 0 spiro atoms. The van der Waals surface area contributed by atoms with Crippen LogP contribution in [0.1, 0.15) is 39.1 Å². The first kappa shape index (κ1) is 21.4. The van der Waals surface area contributed by atoms with Crippen LogP contribution in [0.25, 0.3) is 0 Å². The number of carbonyl (C=O) groups is 1. The van der Waals surface area contributed by atoms with Gasteiger partial charge in [-0.15, -0.1) is 0 Å². The minimum Gasteiger partial charge on any atom is -0.326 e. The molecule has 2 aromatic heterocycles. The molecule has 0 fully saturated rings. The molecule has 0 aliphatic carbocycles. The Hall–Kier alpha value is -3.27. The van der Waals surface area contributed by atoms with Gasteiger partial charge >= 0.3 is 0 Å². The van der Waals surface area contributed by atoms with Crippen molar-refractivity contribution < 1.29 is 13.2 Å². The Kier molecular flexibility index (Phi) is 5.62. The van der Waals surface area contributed by atoms with Crippen LogP contribution in [-0.4, -0.2) is 34.5 Å². The maximum absolute atomic E-state index is 13.2. The molecule has 158 valence electrons. The molecule has 30 heavy (non-hydrogen) atoms. The van der Waals surface area contributed by atoms with E-state index in [1.165, 1.54) is 31.2 Å². The van der Waals surface area contributed by atoms with Gasteiger partial charge in [-0.3, -0.25) is 9.89 Å². The highest BCUT2D eigenvalue weighted by Gasteiger charge is 2.26. The van der Waals surface area contributed by atoms with Crippen LogP contribution in [-0.2, 0) is 20.0 Å². The fraction of sp³-hybridized carbons (Fsp3) is 0.300. The number of sulfone groups is 1. The number of H-pyrrole nitrogens is 1. The molecule has 9 nitrogen and oxygen atoms in total. The van der Waals surface area contributed by atoms with E-state index in [2.05, 4.69) is 30.8 Å². The Bertz CT molecular complexity index is 1180. The SMILES string of the molecule is CC(=O)Nc1ccc(S(=O)(=O)c2nc(Nc3cc(C)[nH]n3)cc(C(C)(C)C)n2)cc1. The number of anilines is 3. The second-order valence-corrected chi connectivity index (χ2v) is 9.78. The molecule has 3 N–H and O–H groups in total. The molecule has 2 heterocycles. The van der Waals surface area contributed by atoms with Crippen molar-refractivity contribution in [1.29, 1.82) is 0 Å². The molecule has 0 radical (unpaired) electrons.